The molecule has 1 aromatic carbocycles. The zero-order valence-corrected chi connectivity index (χ0v) is 13.8. The molecule has 0 atom stereocenters. The second-order valence-corrected chi connectivity index (χ2v) is 5.50. The Labute approximate surface area is 132 Å². The lowest BCUT2D eigenvalue weighted by molar-refractivity contribution is 0.312. The first kappa shape index (κ1) is 14.5. The largest absolute Gasteiger partial charge is 0.464 e. The predicted octanol–water partition coefficient (Wildman–Crippen LogP) is 4.19. The number of nitrogens with zero attached hydrogens (tertiary/aromatic N) is 3. The van der Waals surface area contributed by atoms with Gasteiger partial charge in [-0.2, -0.15) is 15.0 Å². The van der Waals surface area contributed by atoms with Gasteiger partial charge in [0.05, 0.1) is 12.3 Å². The molecule has 0 saturated carbocycles. The molecule has 0 spiro atoms. The Morgan fingerprint density at radius 2 is 2.05 bits per heavy atom. The number of hydrogen-bond donors (Lipinski definition) is 1. The predicted molar refractivity (Wildman–Crippen MR) is 81.1 cm³/mol. The molecule has 0 fully saturated rings. The van der Waals surface area contributed by atoms with E-state index in [-0.39, 0.29) is 11.3 Å². The van der Waals surface area contributed by atoms with Crippen molar-refractivity contribution in [2.75, 3.05) is 11.9 Å². The zero-order valence-electron chi connectivity index (χ0n) is 9.82. The van der Waals surface area contributed by atoms with Gasteiger partial charge in [-0.1, -0.05) is 15.9 Å². The van der Waals surface area contributed by atoms with Crippen molar-refractivity contribution in [2.24, 2.45) is 0 Å². The van der Waals surface area contributed by atoms with Gasteiger partial charge in [-0.25, -0.2) is 0 Å². The summed E-state index contributed by atoms with van der Waals surface area (Å²) in [7, 11) is 0. The van der Waals surface area contributed by atoms with Gasteiger partial charge in [-0.05, 0) is 52.7 Å². The third kappa shape index (κ3) is 4.02. The van der Waals surface area contributed by atoms with Gasteiger partial charge in [0.15, 0.2) is 0 Å². The fourth-order valence-corrected chi connectivity index (χ4v) is 2.15. The minimum absolute atomic E-state index is 0.0760. The van der Waals surface area contributed by atoms with E-state index in [0.29, 0.717) is 12.6 Å². The fourth-order valence-electron chi connectivity index (χ4n) is 1.30. The van der Waals surface area contributed by atoms with Crippen molar-refractivity contribution in [3.8, 4) is 6.01 Å². The Bertz CT molecular complexity index is 597. The van der Waals surface area contributed by atoms with Crippen LogP contribution >= 0.6 is 43.5 Å². The van der Waals surface area contributed by atoms with Gasteiger partial charge < -0.3 is 10.1 Å². The van der Waals surface area contributed by atoms with Crippen LogP contribution in [0.1, 0.15) is 6.92 Å². The van der Waals surface area contributed by atoms with Crippen molar-refractivity contribution in [1.29, 1.82) is 0 Å². The number of halogens is 3. The van der Waals surface area contributed by atoms with Crippen LogP contribution in [0.15, 0.2) is 27.1 Å². The van der Waals surface area contributed by atoms with E-state index in [1.165, 1.54) is 0 Å². The maximum absolute atomic E-state index is 5.82. The van der Waals surface area contributed by atoms with Gasteiger partial charge in [-0.3, -0.25) is 0 Å². The van der Waals surface area contributed by atoms with E-state index in [1.54, 1.807) is 0 Å². The van der Waals surface area contributed by atoms with Gasteiger partial charge >= 0.3 is 6.01 Å². The average Bonchev–Trinajstić information content (AvgIpc) is 2.33. The summed E-state index contributed by atoms with van der Waals surface area (Å²) in [6.45, 7) is 2.30. The summed E-state index contributed by atoms with van der Waals surface area (Å²) < 4.78 is 7.02. The van der Waals surface area contributed by atoms with Crippen LogP contribution in [0.2, 0.25) is 5.28 Å². The molecule has 0 unspecified atom stereocenters. The molecule has 0 saturated heterocycles. The molecule has 0 radical (unpaired) electrons. The summed E-state index contributed by atoms with van der Waals surface area (Å²) in [5, 5.41) is 3.13. The highest BCUT2D eigenvalue weighted by atomic mass is 79.9. The van der Waals surface area contributed by atoms with Crippen molar-refractivity contribution in [1.82, 2.24) is 15.0 Å². The SMILES string of the molecule is CCOc1nc(Cl)nc(Nc2cc(Br)ccc2Br)n1. The zero-order chi connectivity index (χ0) is 13.8. The van der Waals surface area contributed by atoms with Crippen LogP contribution in [0, 0.1) is 0 Å². The number of nitrogens with one attached hydrogen (secondary N) is 1. The summed E-state index contributed by atoms with van der Waals surface area (Å²) >= 11 is 12.7. The normalized spacial score (nSPS) is 10.3. The Kier molecular flexibility index (Phi) is 4.95. The van der Waals surface area contributed by atoms with Crippen LogP contribution in [0.4, 0.5) is 11.6 Å². The van der Waals surface area contributed by atoms with Crippen LogP contribution in [-0.2, 0) is 0 Å². The van der Waals surface area contributed by atoms with E-state index in [2.05, 4.69) is 52.1 Å². The summed E-state index contributed by atoms with van der Waals surface area (Å²) in [6, 6.07) is 5.90. The van der Waals surface area contributed by atoms with Crippen LogP contribution in [-0.4, -0.2) is 21.6 Å². The highest BCUT2D eigenvalue weighted by molar-refractivity contribution is 9.11. The average molecular weight is 408 g/mol. The van der Waals surface area contributed by atoms with Crippen LogP contribution in [0.3, 0.4) is 0 Å². The van der Waals surface area contributed by atoms with Crippen molar-refractivity contribution >= 4 is 55.1 Å². The standard InChI is InChI=1S/C11H9Br2ClN4O/c1-2-19-11-17-9(14)16-10(18-11)15-8-5-6(12)3-4-7(8)13/h3-5H,2H2,1H3,(H,15,16,17,18). The first-order valence-electron chi connectivity index (χ1n) is 5.35. The van der Waals surface area contributed by atoms with E-state index in [4.69, 9.17) is 16.3 Å². The van der Waals surface area contributed by atoms with Crippen molar-refractivity contribution in [3.05, 3.63) is 32.4 Å². The van der Waals surface area contributed by atoms with Crippen molar-refractivity contribution in [3.63, 3.8) is 0 Å². The van der Waals surface area contributed by atoms with Crippen LogP contribution in [0.25, 0.3) is 0 Å². The van der Waals surface area contributed by atoms with Gasteiger partial charge in [0.2, 0.25) is 11.2 Å². The molecular weight excluding hydrogens is 399 g/mol. The lowest BCUT2D eigenvalue weighted by Gasteiger charge is -2.08. The number of benzene rings is 1. The Morgan fingerprint density at radius 3 is 2.79 bits per heavy atom. The third-order valence-corrected chi connectivity index (χ3v) is 3.39. The van der Waals surface area contributed by atoms with Crippen LogP contribution in [0.5, 0.6) is 6.01 Å². The van der Waals surface area contributed by atoms with Crippen molar-refractivity contribution in [2.45, 2.75) is 6.92 Å². The number of ether oxygens (including phenoxy) is 1. The summed E-state index contributed by atoms with van der Waals surface area (Å²) in [4.78, 5) is 12.0. The highest BCUT2D eigenvalue weighted by Gasteiger charge is 2.08. The van der Waals surface area contributed by atoms with Gasteiger partial charge in [0.1, 0.15) is 0 Å². The fraction of sp³-hybridized carbons (Fsp3) is 0.182. The van der Waals surface area contributed by atoms with Crippen LogP contribution < -0.4 is 10.1 Å². The van der Waals surface area contributed by atoms with Gasteiger partial charge in [0.25, 0.3) is 0 Å². The molecule has 1 heterocycles. The highest BCUT2D eigenvalue weighted by Crippen LogP contribution is 2.28. The van der Waals surface area contributed by atoms with E-state index in [1.807, 2.05) is 25.1 Å². The lowest BCUT2D eigenvalue weighted by Crippen LogP contribution is -2.04. The van der Waals surface area contributed by atoms with E-state index >= 15 is 0 Å². The van der Waals surface area contributed by atoms with E-state index in [0.717, 1.165) is 14.6 Å². The Balaban J connectivity index is 2.29. The lowest BCUT2D eigenvalue weighted by atomic mass is 10.3. The molecule has 0 amide bonds. The van der Waals surface area contributed by atoms with Gasteiger partial charge in [0, 0.05) is 8.95 Å². The summed E-state index contributed by atoms with van der Waals surface area (Å²) in [5.74, 6) is 0.322. The van der Waals surface area contributed by atoms with Gasteiger partial charge in [-0.15, -0.1) is 0 Å². The number of aromatic nitrogens is 3. The summed E-state index contributed by atoms with van der Waals surface area (Å²) in [6.07, 6.45) is 0. The second-order valence-electron chi connectivity index (χ2n) is 3.39. The topological polar surface area (TPSA) is 59.9 Å². The molecule has 100 valence electrons. The summed E-state index contributed by atoms with van der Waals surface area (Å²) in [5.41, 5.74) is 0.805. The second kappa shape index (κ2) is 6.49. The first-order chi connectivity index (χ1) is 9.08. The number of hydrogen-bond acceptors (Lipinski definition) is 5. The molecule has 0 bridgehead atoms. The molecular formula is C11H9Br2ClN4O. The Hall–Kier alpha value is -0.920. The molecule has 0 aliphatic heterocycles. The maximum atomic E-state index is 5.82. The molecule has 0 aliphatic carbocycles. The molecule has 1 aromatic heterocycles. The molecule has 1 N–H and O–H groups in total. The maximum Gasteiger partial charge on any atom is 0.322 e. The molecule has 2 aromatic rings. The number of rotatable bonds is 4. The molecule has 8 heteroatoms. The molecule has 19 heavy (non-hydrogen) atoms. The smallest absolute Gasteiger partial charge is 0.322 e. The monoisotopic (exact) mass is 406 g/mol. The minimum Gasteiger partial charge on any atom is -0.464 e. The van der Waals surface area contributed by atoms with E-state index < -0.39 is 0 Å². The first-order valence-corrected chi connectivity index (χ1v) is 7.31. The number of anilines is 2. The third-order valence-electron chi connectivity index (χ3n) is 2.04. The quantitative estimate of drug-likeness (QED) is 0.822. The minimum atomic E-state index is 0.0760. The Morgan fingerprint density at radius 1 is 1.26 bits per heavy atom. The van der Waals surface area contributed by atoms with Crippen molar-refractivity contribution < 1.29 is 4.74 Å². The van der Waals surface area contributed by atoms with E-state index in [9.17, 15) is 0 Å². The molecule has 2 rings (SSSR count). The molecule has 0 aliphatic rings. The molecule has 5 nitrogen and oxygen atoms in total.